The van der Waals surface area contributed by atoms with E-state index < -0.39 is 0 Å². The maximum Gasteiger partial charge on any atom is 0.135 e. The van der Waals surface area contributed by atoms with Gasteiger partial charge in [0, 0.05) is 12.3 Å². The maximum absolute atomic E-state index is 11.1. The van der Waals surface area contributed by atoms with Gasteiger partial charge in [0.05, 0.1) is 0 Å². The van der Waals surface area contributed by atoms with Crippen molar-refractivity contribution in [3.63, 3.8) is 0 Å². The average Bonchev–Trinajstić information content (AvgIpc) is 2.03. The molecule has 0 aliphatic carbocycles. The number of carbonyl (C=O) groups excluding carboxylic acids is 1. The van der Waals surface area contributed by atoms with Crippen molar-refractivity contribution < 1.29 is 4.79 Å². The molecule has 0 fully saturated rings. The molecule has 66 valence electrons. The second kappa shape index (κ2) is 6.35. The molecule has 0 aromatic rings. The number of unbranched alkanes of at least 4 members (excludes halogenated alkanes) is 1. The first-order valence-corrected chi connectivity index (χ1v) is 4.45. The summed E-state index contributed by atoms with van der Waals surface area (Å²) >= 11 is 0. The Morgan fingerprint density at radius 1 is 1.45 bits per heavy atom. The Morgan fingerprint density at radius 3 is 2.55 bits per heavy atom. The lowest BCUT2D eigenvalue weighted by Gasteiger charge is -2.07. The molecule has 0 aromatic heterocycles. The first-order valence-electron chi connectivity index (χ1n) is 4.45. The molecule has 2 N–H and O–H groups in total. The molecule has 2 nitrogen and oxygen atoms in total. The van der Waals surface area contributed by atoms with Gasteiger partial charge < -0.3 is 5.73 Å². The van der Waals surface area contributed by atoms with Gasteiger partial charge in [-0.25, -0.2) is 0 Å². The SMILES string of the molecule is CCC(=O)[C@@H](C)CCCCN. The summed E-state index contributed by atoms with van der Waals surface area (Å²) < 4.78 is 0. The molecule has 0 aromatic carbocycles. The van der Waals surface area contributed by atoms with Crippen molar-refractivity contribution in [3.05, 3.63) is 0 Å². The molecule has 0 saturated carbocycles. The summed E-state index contributed by atoms with van der Waals surface area (Å²) in [6.45, 7) is 4.66. The maximum atomic E-state index is 11.1. The number of carbonyl (C=O) groups is 1. The van der Waals surface area contributed by atoms with Crippen LogP contribution in [0.3, 0.4) is 0 Å². The van der Waals surface area contributed by atoms with Crippen LogP contribution in [0, 0.1) is 5.92 Å². The zero-order valence-electron chi connectivity index (χ0n) is 7.60. The average molecular weight is 157 g/mol. The lowest BCUT2D eigenvalue weighted by molar-refractivity contribution is -0.122. The third-order valence-electron chi connectivity index (χ3n) is 1.99. The number of nitrogens with two attached hydrogens (primary N) is 1. The standard InChI is InChI=1S/C9H19NO/c1-3-9(11)8(2)6-4-5-7-10/h8H,3-7,10H2,1-2H3/t8-/m0/s1. The number of hydrogen-bond acceptors (Lipinski definition) is 2. The molecule has 0 rings (SSSR count). The molecule has 0 aliphatic heterocycles. The zero-order valence-corrected chi connectivity index (χ0v) is 7.60. The second-order valence-corrected chi connectivity index (χ2v) is 3.01. The van der Waals surface area contributed by atoms with Crippen LogP contribution in [0.1, 0.15) is 39.5 Å². The number of rotatable bonds is 6. The molecule has 0 amide bonds. The fourth-order valence-electron chi connectivity index (χ4n) is 1.10. The lowest BCUT2D eigenvalue weighted by Crippen LogP contribution is -2.10. The predicted octanol–water partition coefficient (Wildman–Crippen LogP) is 1.73. The minimum Gasteiger partial charge on any atom is -0.330 e. The van der Waals surface area contributed by atoms with E-state index in [1.165, 1.54) is 0 Å². The summed E-state index contributed by atoms with van der Waals surface area (Å²) in [7, 11) is 0. The van der Waals surface area contributed by atoms with Gasteiger partial charge in [0.15, 0.2) is 0 Å². The Bertz CT molecular complexity index is 112. The molecule has 0 aliphatic rings. The monoisotopic (exact) mass is 157 g/mol. The van der Waals surface area contributed by atoms with Crippen LogP contribution in [0.2, 0.25) is 0 Å². The Hall–Kier alpha value is -0.370. The zero-order chi connectivity index (χ0) is 8.69. The van der Waals surface area contributed by atoms with Crippen molar-refractivity contribution in [1.29, 1.82) is 0 Å². The van der Waals surface area contributed by atoms with Crippen LogP contribution in [0.15, 0.2) is 0 Å². The van der Waals surface area contributed by atoms with Gasteiger partial charge in [-0.05, 0) is 19.4 Å². The molecular formula is C9H19NO. The number of hydrogen-bond donors (Lipinski definition) is 1. The van der Waals surface area contributed by atoms with E-state index in [1.807, 2.05) is 13.8 Å². The normalized spacial score (nSPS) is 13.0. The molecular weight excluding hydrogens is 138 g/mol. The number of Topliss-reactive ketones (excluding diaryl/α,β-unsaturated/α-hetero) is 1. The first-order chi connectivity index (χ1) is 5.22. The fourth-order valence-corrected chi connectivity index (χ4v) is 1.10. The first kappa shape index (κ1) is 10.6. The van der Waals surface area contributed by atoms with Gasteiger partial charge in [0.2, 0.25) is 0 Å². The minimum atomic E-state index is 0.242. The molecule has 0 saturated heterocycles. The third kappa shape index (κ3) is 4.96. The van der Waals surface area contributed by atoms with E-state index in [0.29, 0.717) is 12.2 Å². The van der Waals surface area contributed by atoms with E-state index in [4.69, 9.17) is 5.73 Å². The van der Waals surface area contributed by atoms with Crippen molar-refractivity contribution in [2.24, 2.45) is 11.7 Å². The van der Waals surface area contributed by atoms with Crippen molar-refractivity contribution in [1.82, 2.24) is 0 Å². The summed E-state index contributed by atoms with van der Waals surface area (Å²) in [5.74, 6) is 0.619. The molecule has 0 heterocycles. The van der Waals surface area contributed by atoms with Gasteiger partial charge in [-0.3, -0.25) is 4.79 Å². The van der Waals surface area contributed by atoms with Crippen molar-refractivity contribution in [3.8, 4) is 0 Å². The van der Waals surface area contributed by atoms with Gasteiger partial charge >= 0.3 is 0 Å². The van der Waals surface area contributed by atoms with Crippen molar-refractivity contribution in [2.45, 2.75) is 39.5 Å². The van der Waals surface area contributed by atoms with Crippen LogP contribution in [0.25, 0.3) is 0 Å². The van der Waals surface area contributed by atoms with E-state index in [2.05, 4.69) is 0 Å². The van der Waals surface area contributed by atoms with Crippen LogP contribution < -0.4 is 5.73 Å². The summed E-state index contributed by atoms with van der Waals surface area (Å²) in [6.07, 6.45) is 3.80. The summed E-state index contributed by atoms with van der Waals surface area (Å²) in [5, 5.41) is 0. The highest BCUT2D eigenvalue weighted by molar-refractivity contribution is 5.80. The van der Waals surface area contributed by atoms with E-state index >= 15 is 0 Å². The van der Waals surface area contributed by atoms with E-state index in [1.54, 1.807) is 0 Å². The van der Waals surface area contributed by atoms with Gasteiger partial charge in [-0.1, -0.05) is 20.3 Å². The lowest BCUT2D eigenvalue weighted by atomic mass is 9.98. The Balaban J connectivity index is 3.36. The smallest absolute Gasteiger partial charge is 0.135 e. The quantitative estimate of drug-likeness (QED) is 0.597. The Morgan fingerprint density at radius 2 is 2.09 bits per heavy atom. The summed E-state index contributed by atoms with van der Waals surface area (Å²) in [6, 6.07) is 0. The van der Waals surface area contributed by atoms with Crippen LogP contribution in [0.4, 0.5) is 0 Å². The van der Waals surface area contributed by atoms with Crippen molar-refractivity contribution in [2.75, 3.05) is 6.54 Å². The topological polar surface area (TPSA) is 43.1 Å². The summed E-state index contributed by atoms with van der Waals surface area (Å²) in [5.41, 5.74) is 5.34. The van der Waals surface area contributed by atoms with Crippen LogP contribution >= 0.6 is 0 Å². The largest absolute Gasteiger partial charge is 0.330 e. The Labute approximate surface area is 69.2 Å². The predicted molar refractivity (Wildman–Crippen MR) is 47.4 cm³/mol. The third-order valence-corrected chi connectivity index (χ3v) is 1.99. The molecule has 11 heavy (non-hydrogen) atoms. The van der Waals surface area contributed by atoms with E-state index in [0.717, 1.165) is 25.8 Å². The van der Waals surface area contributed by atoms with E-state index in [9.17, 15) is 4.79 Å². The van der Waals surface area contributed by atoms with Gasteiger partial charge in [0.25, 0.3) is 0 Å². The summed E-state index contributed by atoms with van der Waals surface area (Å²) in [4.78, 5) is 11.1. The molecule has 0 spiro atoms. The van der Waals surface area contributed by atoms with Crippen LogP contribution in [0.5, 0.6) is 0 Å². The molecule has 0 bridgehead atoms. The molecule has 0 unspecified atom stereocenters. The molecule has 1 atom stereocenters. The minimum absolute atomic E-state index is 0.242. The van der Waals surface area contributed by atoms with Crippen LogP contribution in [-0.4, -0.2) is 12.3 Å². The Kier molecular flexibility index (Phi) is 6.13. The highest BCUT2D eigenvalue weighted by atomic mass is 16.1. The second-order valence-electron chi connectivity index (χ2n) is 3.01. The van der Waals surface area contributed by atoms with Gasteiger partial charge in [0.1, 0.15) is 5.78 Å². The molecule has 0 radical (unpaired) electrons. The van der Waals surface area contributed by atoms with Crippen molar-refractivity contribution >= 4 is 5.78 Å². The van der Waals surface area contributed by atoms with Gasteiger partial charge in [-0.2, -0.15) is 0 Å². The highest BCUT2D eigenvalue weighted by Crippen LogP contribution is 2.09. The van der Waals surface area contributed by atoms with Crippen LogP contribution in [-0.2, 0) is 4.79 Å². The van der Waals surface area contributed by atoms with Gasteiger partial charge in [-0.15, -0.1) is 0 Å². The molecule has 2 heteroatoms. The highest BCUT2D eigenvalue weighted by Gasteiger charge is 2.08. The fraction of sp³-hybridized carbons (Fsp3) is 0.889. The van der Waals surface area contributed by atoms with E-state index in [-0.39, 0.29) is 5.92 Å². The number of ketones is 1.